The number of urea groups is 1. The van der Waals surface area contributed by atoms with Crippen LogP contribution in [-0.4, -0.2) is 51.1 Å². The van der Waals surface area contributed by atoms with Gasteiger partial charge in [0.1, 0.15) is 11.8 Å². The summed E-state index contributed by atoms with van der Waals surface area (Å²) in [6.45, 7) is 6.53. The number of aromatic hydroxyl groups is 1. The minimum Gasteiger partial charge on any atom is -0.508 e. The van der Waals surface area contributed by atoms with Gasteiger partial charge < -0.3 is 20.0 Å². The fourth-order valence-corrected chi connectivity index (χ4v) is 2.81. The second kappa shape index (κ2) is 5.87. The summed E-state index contributed by atoms with van der Waals surface area (Å²) in [5.74, 6) is -0.857. The van der Waals surface area contributed by atoms with Crippen LogP contribution in [0.3, 0.4) is 0 Å². The average Bonchev–Trinajstić information content (AvgIpc) is 2.73. The van der Waals surface area contributed by atoms with Crippen molar-refractivity contribution in [2.75, 3.05) is 13.1 Å². The smallest absolute Gasteiger partial charge is 0.327 e. The number of carbonyl (C=O) groups is 2. The highest BCUT2D eigenvalue weighted by Crippen LogP contribution is 2.29. The Morgan fingerprint density at radius 2 is 1.91 bits per heavy atom. The number of para-hydroxylation sites is 1. The number of benzene rings is 1. The van der Waals surface area contributed by atoms with Gasteiger partial charge in [-0.2, -0.15) is 0 Å². The van der Waals surface area contributed by atoms with Gasteiger partial charge in [-0.3, -0.25) is 0 Å². The molecule has 0 aliphatic carbocycles. The fraction of sp³-hybridized carbons (Fsp3) is 0.500. The van der Waals surface area contributed by atoms with Gasteiger partial charge in [-0.05, 0) is 11.5 Å². The predicted octanol–water partition coefficient (Wildman–Crippen LogP) is 2.13. The lowest BCUT2D eigenvalue weighted by Gasteiger charge is -2.34. The number of aliphatic carboxylic acids is 1. The van der Waals surface area contributed by atoms with E-state index in [2.05, 4.69) is 0 Å². The Morgan fingerprint density at radius 3 is 2.45 bits per heavy atom. The van der Waals surface area contributed by atoms with Crippen molar-refractivity contribution in [1.29, 1.82) is 0 Å². The summed E-state index contributed by atoms with van der Waals surface area (Å²) in [5.41, 5.74) is 0.104. The zero-order chi connectivity index (χ0) is 16.5. The average molecular weight is 306 g/mol. The summed E-state index contributed by atoms with van der Waals surface area (Å²) < 4.78 is 0. The van der Waals surface area contributed by atoms with Crippen LogP contribution >= 0.6 is 0 Å². The van der Waals surface area contributed by atoms with Crippen molar-refractivity contribution in [3.63, 3.8) is 0 Å². The lowest BCUT2D eigenvalue weighted by Crippen LogP contribution is -2.50. The van der Waals surface area contributed by atoms with Crippen LogP contribution < -0.4 is 0 Å². The quantitative estimate of drug-likeness (QED) is 0.893. The van der Waals surface area contributed by atoms with Crippen LogP contribution in [0.25, 0.3) is 0 Å². The van der Waals surface area contributed by atoms with Crippen molar-refractivity contribution in [3.05, 3.63) is 29.8 Å². The van der Waals surface area contributed by atoms with Gasteiger partial charge in [0.2, 0.25) is 0 Å². The van der Waals surface area contributed by atoms with E-state index in [1.54, 1.807) is 29.2 Å². The molecule has 2 N–H and O–H groups in total. The fourth-order valence-electron chi connectivity index (χ4n) is 2.81. The molecule has 0 saturated carbocycles. The molecular formula is C16H22N2O4. The number of carboxylic acid groups (broad SMARTS) is 1. The molecule has 22 heavy (non-hydrogen) atoms. The highest BCUT2D eigenvalue weighted by atomic mass is 16.4. The summed E-state index contributed by atoms with van der Waals surface area (Å²) in [6, 6.07) is 5.67. The number of carboxylic acids is 1. The minimum atomic E-state index is -0.995. The molecule has 6 nitrogen and oxygen atoms in total. The van der Waals surface area contributed by atoms with E-state index in [4.69, 9.17) is 0 Å². The number of hydrogen-bond acceptors (Lipinski definition) is 3. The highest BCUT2D eigenvalue weighted by molar-refractivity contribution is 5.84. The zero-order valence-corrected chi connectivity index (χ0v) is 13.1. The van der Waals surface area contributed by atoms with Crippen molar-refractivity contribution < 1.29 is 19.8 Å². The van der Waals surface area contributed by atoms with Gasteiger partial charge in [-0.15, -0.1) is 0 Å². The molecule has 0 radical (unpaired) electrons. The lowest BCUT2D eigenvalue weighted by atomic mass is 9.86. The van der Waals surface area contributed by atoms with Crippen molar-refractivity contribution in [2.24, 2.45) is 5.41 Å². The molecule has 1 fully saturated rings. The van der Waals surface area contributed by atoms with Crippen molar-refractivity contribution in [2.45, 2.75) is 33.4 Å². The third kappa shape index (κ3) is 3.16. The summed E-state index contributed by atoms with van der Waals surface area (Å²) in [4.78, 5) is 27.0. The standard InChI is InChI=1S/C16H22N2O4/c1-16(2,3)13(14(20)21)18-9-8-17(15(18)22)10-11-6-4-5-7-12(11)19/h4-7,13,19H,8-10H2,1-3H3,(H,20,21). The van der Waals surface area contributed by atoms with E-state index in [0.717, 1.165) is 0 Å². The van der Waals surface area contributed by atoms with Crippen molar-refractivity contribution in [1.82, 2.24) is 9.80 Å². The van der Waals surface area contributed by atoms with E-state index in [1.165, 1.54) is 4.90 Å². The van der Waals surface area contributed by atoms with Crippen LogP contribution in [0, 0.1) is 5.41 Å². The summed E-state index contributed by atoms with van der Waals surface area (Å²) in [5, 5.41) is 19.3. The second-order valence-corrected chi connectivity index (χ2v) is 6.63. The van der Waals surface area contributed by atoms with Crippen LogP contribution in [0.2, 0.25) is 0 Å². The Kier molecular flexibility index (Phi) is 4.30. The van der Waals surface area contributed by atoms with E-state index in [1.807, 2.05) is 20.8 Å². The first-order chi connectivity index (χ1) is 10.2. The molecule has 1 atom stereocenters. The molecule has 1 aromatic rings. The Morgan fingerprint density at radius 1 is 1.27 bits per heavy atom. The van der Waals surface area contributed by atoms with Crippen LogP contribution in [0.15, 0.2) is 24.3 Å². The SMILES string of the molecule is CC(C)(C)C(C(=O)O)N1CCN(Cc2ccccc2O)C1=O. The molecule has 1 aliphatic rings. The van der Waals surface area contributed by atoms with Gasteiger partial charge in [0.25, 0.3) is 0 Å². The maximum absolute atomic E-state index is 12.5. The van der Waals surface area contributed by atoms with E-state index in [9.17, 15) is 19.8 Å². The number of phenols is 1. The second-order valence-electron chi connectivity index (χ2n) is 6.63. The maximum atomic E-state index is 12.5. The molecule has 0 bridgehead atoms. The minimum absolute atomic E-state index is 0.138. The van der Waals surface area contributed by atoms with E-state index in [-0.39, 0.29) is 18.3 Å². The Bertz CT molecular complexity index is 580. The van der Waals surface area contributed by atoms with Gasteiger partial charge in [0.15, 0.2) is 0 Å². The molecule has 2 rings (SSSR count). The van der Waals surface area contributed by atoms with Gasteiger partial charge in [0.05, 0.1) is 6.54 Å². The topological polar surface area (TPSA) is 81.1 Å². The number of phenolic OH excluding ortho intramolecular Hbond substituents is 1. The summed E-state index contributed by atoms with van der Waals surface area (Å²) >= 11 is 0. The molecule has 2 amide bonds. The largest absolute Gasteiger partial charge is 0.508 e. The highest BCUT2D eigenvalue weighted by Gasteiger charge is 2.43. The first kappa shape index (κ1) is 16.1. The molecular weight excluding hydrogens is 284 g/mol. The monoisotopic (exact) mass is 306 g/mol. The lowest BCUT2D eigenvalue weighted by molar-refractivity contribution is -0.145. The van der Waals surface area contributed by atoms with E-state index < -0.39 is 17.4 Å². The molecule has 1 aromatic carbocycles. The molecule has 1 saturated heterocycles. The third-order valence-electron chi connectivity index (χ3n) is 3.85. The number of hydrogen-bond donors (Lipinski definition) is 2. The van der Waals surface area contributed by atoms with Gasteiger partial charge in [-0.1, -0.05) is 39.0 Å². The van der Waals surface area contributed by atoms with E-state index >= 15 is 0 Å². The number of nitrogens with zero attached hydrogens (tertiary/aromatic N) is 2. The normalized spacial score (nSPS) is 17.0. The Balaban J connectivity index is 2.16. The maximum Gasteiger partial charge on any atom is 0.327 e. The van der Waals surface area contributed by atoms with Gasteiger partial charge in [-0.25, -0.2) is 9.59 Å². The first-order valence-corrected chi connectivity index (χ1v) is 7.27. The van der Waals surface area contributed by atoms with Gasteiger partial charge in [0, 0.05) is 18.7 Å². The van der Waals surface area contributed by atoms with Crippen molar-refractivity contribution in [3.8, 4) is 5.75 Å². The Labute approximate surface area is 130 Å². The number of amides is 2. The molecule has 1 unspecified atom stereocenters. The summed E-state index contributed by atoms with van der Waals surface area (Å²) in [6.07, 6.45) is 0. The number of rotatable bonds is 4. The van der Waals surface area contributed by atoms with Gasteiger partial charge >= 0.3 is 12.0 Å². The van der Waals surface area contributed by atoms with Crippen LogP contribution in [-0.2, 0) is 11.3 Å². The van der Waals surface area contributed by atoms with E-state index in [0.29, 0.717) is 18.7 Å². The van der Waals surface area contributed by atoms with Crippen LogP contribution in [0.5, 0.6) is 5.75 Å². The van der Waals surface area contributed by atoms with Crippen molar-refractivity contribution >= 4 is 12.0 Å². The third-order valence-corrected chi connectivity index (χ3v) is 3.85. The molecule has 1 heterocycles. The molecule has 0 aromatic heterocycles. The molecule has 6 heteroatoms. The van der Waals surface area contributed by atoms with Crippen LogP contribution in [0.1, 0.15) is 26.3 Å². The first-order valence-electron chi connectivity index (χ1n) is 7.27. The molecule has 0 spiro atoms. The van der Waals surface area contributed by atoms with Crippen LogP contribution in [0.4, 0.5) is 4.79 Å². The molecule has 1 aliphatic heterocycles. The molecule has 120 valence electrons. The Hall–Kier alpha value is -2.24. The number of carbonyl (C=O) groups excluding carboxylic acids is 1. The summed E-state index contributed by atoms with van der Waals surface area (Å²) in [7, 11) is 0. The predicted molar refractivity (Wildman–Crippen MR) is 81.5 cm³/mol. The zero-order valence-electron chi connectivity index (χ0n) is 13.1.